The van der Waals surface area contributed by atoms with Gasteiger partial charge in [-0.1, -0.05) is 18.2 Å². The number of carboxylic acid groups (broad SMARTS) is 1. The average molecular weight is 384 g/mol. The van der Waals surface area contributed by atoms with Crippen molar-refractivity contribution in [1.82, 2.24) is 0 Å². The van der Waals surface area contributed by atoms with Crippen LogP contribution in [-0.2, 0) is 14.4 Å². The van der Waals surface area contributed by atoms with Crippen LogP contribution in [0.1, 0.15) is 25.8 Å². The van der Waals surface area contributed by atoms with Crippen molar-refractivity contribution in [1.29, 1.82) is 0 Å². The van der Waals surface area contributed by atoms with E-state index in [9.17, 15) is 9.59 Å². The molecule has 1 fully saturated rings. The zero-order valence-corrected chi connectivity index (χ0v) is 16.1. The third-order valence-electron chi connectivity index (χ3n) is 4.01. The van der Waals surface area contributed by atoms with Gasteiger partial charge in [-0.15, -0.1) is 0 Å². The second-order valence-electron chi connectivity index (χ2n) is 6.23. The summed E-state index contributed by atoms with van der Waals surface area (Å²) >= 11 is 0. The Morgan fingerprint density at radius 1 is 1.18 bits per heavy atom. The lowest BCUT2D eigenvalue weighted by Crippen LogP contribution is -2.35. The Bertz CT molecular complexity index is 844. The van der Waals surface area contributed by atoms with Gasteiger partial charge in [-0.25, -0.2) is 4.90 Å². The summed E-state index contributed by atoms with van der Waals surface area (Å²) in [5.74, 6) is -0.459. The van der Waals surface area contributed by atoms with Crippen molar-refractivity contribution in [3.8, 4) is 5.75 Å². The fraction of sp³-hybridized carbons (Fsp3) is 0.286. The molecule has 1 aliphatic heterocycles. The Morgan fingerprint density at radius 3 is 2.36 bits per heavy atom. The topological polar surface area (TPSA) is 95.9 Å². The Kier molecular flexibility index (Phi) is 7.14. The second-order valence-corrected chi connectivity index (χ2v) is 6.23. The molecule has 1 saturated heterocycles. The maximum Gasteiger partial charge on any atom is 0.300 e. The van der Waals surface area contributed by atoms with Gasteiger partial charge >= 0.3 is 0 Å². The molecule has 1 atom stereocenters. The van der Waals surface area contributed by atoms with E-state index in [1.165, 1.54) is 4.90 Å². The zero-order chi connectivity index (χ0) is 20.7. The van der Waals surface area contributed by atoms with Crippen molar-refractivity contribution in [2.75, 3.05) is 16.8 Å². The van der Waals surface area contributed by atoms with Crippen molar-refractivity contribution in [2.24, 2.45) is 0 Å². The van der Waals surface area contributed by atoms with Gasteiger partial charge in [0.05, 0.1) is 18.7 Å². The average Bonchev–Trinajstić information content (AvgIpc) is 2.91. The molecule has 0 radical (unpaired) electrons. The number of nitrogens with one attached hydrogen (secondary N) is 1. The molecule has 0 aromatic heterocycles. The van der Waals surface area contributed by atoms with Gasteiger partial charge in [0.25, 0.3) is 11.9 Å². The molecule has 7 nitrogen and oxygen atoms in total. The first kappa shape index (κ1) is 21.0. The summed E-state index contributed by atoms with van der Waals surface area (Å²) < 4.78 is 5.40. The smallest absolute Gasteiger partial charge is 0.300 e. The lowest BCUT2D eigenvalue weighted by atomic mass is 10.2. The number of aliphatic carboxylic acids is 1. The predicted octanol–water partition coefficient (Wildman–Crippen LogP) is 3.23. The molecule has 1 aliphatic rings. The van der Waals surface area contributed by atoms with Crippen molar-refractivity contribution in [2.45, 2.75) is 33.2 Å². The summed E-state index contributed by atoms with van der Waals surface area (Å²) in [4.78, 5) is 35.3. The minimum absolute atomic E-state index is 0.153. The minimum Gasteiger partial charge on any atom is -0.494 e. The second kappa shape index (κ2) is 9.55. The van der Waals surface area contributed by atoms with Crippen LogP contribution in [0.15, 0.2) is 48.5 Å². The van der Waals surface area contributed by atoms with Crippen molar-refractivity contribution < 1.29 is 24.2 Å². The van der Waals surface area contributed by atoms with Gasteiger partial charge in [0, 0.05) is 12.6 Å². The highest BCUT2D eigenvalue weighted by atomic mass is 16.5. The highest BCUT2D eigenvalue weighted by Gasteiger charge is 2.40. The molecule has 3 rings (SSSR count). The number of anilines is 2. The molecular weight excluding hydrogens is 360 g/mol. The summed E-state index contributed by atoms with van der Waals surface area (Å²) in [6.45, 7) is 5.51. The number of para-hydroxylation sites is 1. The summed E-state index contributed by atoms with van der Waals surface area (Å²) in [6, 6.07) is 14.2. The number of hydrogen-bond donors (Lipinski definition) is 2. The van der Waals surface area contributed by atoms with E-state index in [0.29, 0.717) is 12.3 Å². The highest BCUT2D eigenvalue weighted by molar-refractivity contribution is 6.23. The van der Waals surface area contributed by atoms with Crippen LogP contribution < -0.4 is 15.0 Å². The van der Waals surface area contributed by atoms with Crippen LogP contribution in [0.25, 0.3) is 0 Å². The highest BCUT2D eigenvalue weighted by Crippen LogP contribution is 2.27. The number of aryl methyl sites for hydroxylation is 1. The largest absolute Gasteiger partial charge is 0.494 e. The maximum absolute atomic E-state index is 12.7. The van der Waals surface area contributed by atoms with E-state index in [1.54, 1.807) is 6.07 Å². The third-order valence-corrected chi connectivity index (χ3v) is 4.01. The number of rotatable bonds is 5. The Hall–Kier alpha value is -3.35. The molecule has 2 aromatic carbocycles. The van der Waals surface area contributed by atoms with Crippen LogP contribution in [0.4, 0.5) is 11.4 Å². The molecule has 0 spiro atoms. The first-order valence-corrected chi connectivity index (χ1v) is 8.94. The van der Waals surface area contributed by atoms with Gasteiger partial charge in [-0.2, -0.15) is 0 Å². The number of carbonyl (C=O) groups is 3. The van der Waals surface area contributed by atoms with Gasteiger partial charge in [-0.05, 0) is 49.7 Å². The lowest BCUT2D eigenvalue weighted by Gasteiger charge is -2.18. The summed E-state index contributed by atoms with van der Waals surface area (Å²) in [5.41, 5.74) is 2.35. The van der Waals surface area contributed by atoms with E-state index in [1.807, 2.05) is 56.3 Å². The number of imide groups is 1. The van der Waals surface area contributed by atoms with Crippen LogP contribution in [0.5, 0.6) is 5.75 Å². The van der Waals surface area contributed by atoms with Crippen molar-refractivity contribution >= 4 is 29.2 Å². The van der Waals surface area contributed by atoms with E-state index in [2.05, 4.69) is 5.32 Å². The summed E-state index contributed by atoms with van der Waals surface area (Å²) in [5, 5.41) is 10.6. The normalized spacial score (nSPS) is 15.7. The van der Waals surface area contributed by atoms with E-state index < -0.39 is 12.0 Å². The molecule has 1 unspecified atom stereocenters. The number of nitrogens with zero attached hydrogens (tertiary/aromatic N) is 1. The maximum atomic E-state index is 12.7. The molecule has 0 bridgehead atoms. The molecule has 0 saturated carbocycles. The van der Waals surface area contributed by atoms with Gasteiger partial charge in [0.2, 0.25) is 5.91 Å². The van der Waals surface area contributed by atoms with E-state index >= 15 is 0 Å². The van der Waals surface area contributed by atoms with Gasteiger partial charge < -0.3 is 15.2 Å². The van der Waals surface area contributed by atoms with Crippen LogP contribution in [0.3, 0.4) is 0 Å². The molecule has 2 N–H and O–H groups in total. The van der Waals surface area contributed by atoms with Gasteiger partial charge in [-0.3, -0.25) is 14.4 Å². The standard InChI is InChI=1S/C19H20N2O3.C2H4O2/c1-3-24-15-10-8-14(9-11-15)20-16-12-18(22)21(19(16)23)17-7-5-4-6-13(17)2;1-2(3)4/h4-11,16,20H,3,12H2,1-2H3;1H3,(H,3,4). The van der Waals surface area contributed by atoms with E-state index in [-0.39, 0.29) is 18.2 Å². The van der Waals surface area contributed by atoms with Gasteiger partial charge in [0.1, 0.15) is 11.8 Å². The summed E-state index contributed by atoms with van der Waals surface area (Å²) in [7, 11) is 0. The molecule has 0 aliphatic carbocycles. The number of hydrogen-bond acceptors (Lipinski definition) is 5. The van der Waals surface area contributed by atoms with Crippen LogP contribution in [0.2, 0.25) is 0 Å². The quantitative estimate of drug-likeness (QED) is 0.769. The summed E-state index contributed by atoms with van der Waals surface area (Å²) in [6.07, 6.45) is 0.153. The van der Waals surface area contributed by atoms with Crippen LogP contribution >= 0.6 is 0 Å². The van der Waals surface area contributed by atoms with Crippen LogP contribution in [-0.4, -0.2) is 35.5 Å². The fourth-order valence-electron chi connectivity index (χ4n) is 2.83. The molecule has 28 heavy (non-hydrogen) atoms. The number of amides is 2. The molecule has 1 heterocycles. The number of ether oxygens (including phenoxy) is 1. The first-order chi connectivity index (χ1) is 13.3. The molecule has 2 aromatic rings. The number of carbonyl (C=O) groups excluding carboxylic acids is 2. The van der Waals surface area contributed by atoms with E-state index in [0.717, 1.165) is 23.9 Å². The van der Waals surface area contributed by atoms with Gasteiger partial charge in [0.15, 0.2) is 0 Å². The first-order valence-electron chi connectivity index (χ1n) is 8.94. The molecule has 2 amide bonds. The molecule has 148 valence electrons. The molecular formula is C21H24N2O5. The molecule has 7 heteroatoms. The predicted molar refractivity (Wildman–Crippen MR) is 107 cm³/mol. The van der Waals surface area contributed by atoms with Crippen molar-refractivity contribution in [3.63, 3.8) is 0 Å². The SMILES string of the molecule is CC(=O)O.CCOc1ccc(NC2CC(=O)N(c3ccccc3C)C2=O)cc1. The Labute approximate surface area is 163 Å². The Balaban J connectivity index is 0.000000640. The fourth-order valence-corrected chi connectivity index (χ4v) is 2.83. The monoisotopic (exact) mass is 384 g/mol. The Morgan fingerprint density at radius 2 is 1.79 bits per heavy atom. The zero-order valence-electron chi connectivity index (χ0n) is 16.1. The number of carboxylic acids is 1. The van der Waals surface area contributed by atoms with E-state index in [4.69, 9.17) is 14.6 Å². The third kappa shape index (κ3) is 5.33. The number of benzene rings is 2. The minimum atomic E-state index is -0.833. The van der Waals surface area contributed by atoms with Crippen molar-refractivity contribution in [3.05, 3.63) is 54.1 Å². The van der Waals surface area contributed by atoms with Crippen LogP contribution in [0, 0.1) is 6.92 Å². The lowest BCUT2D eigenvalue weighted by molar-refractivity contribution is -0.134.